The van der Waals surface area contributed by atoms with Gasteiger partial charge in [0.1, 0.15) is 44.1 Å². The number of aliphatic carboxylic acids is 1. The highest BCUT2D eigenvalue weighted by atomic mass is 16.7. The molecule has 0 saturated carbocycles. The summed E-state index contributed by atoms with van der Waals surface area (Å²) in [6.45, 7) is 2.54. The van der Waals surface area contributed by atoms with Gasteiger partial charge < -0.3 is 39.0 Å². The van der Waals surface area contributed by atoms with Gasteiger partial charge in [0.05, 0.1) is 19.8 Å². The maximum atomic E-state index is 11.4. The molecule has 0 amide bonds. The molecule has 0 aliphatic rings. The SMILES string of the molecule is CCOC(=O)CC(=O)OCC(C)(O)COCOCC(C)(O)COC(=O)CC(=O)O. The van der Waals surface area contributed by atoms with Gasteiger partial charge in [0.15, 0.2) is 0 Å². The van der Waals surface area contributed by atoms with Crippen LogP contribution in [0.25, 0.3) is 0 Å². The highest BCUT2D eigenvalue weighted by Gasteiger charge is 2.26. The lowest BCUT2D eigenvalue weighted by molar-refractivity contribution is -0.171. The Kier molecular flexibility index (Phi) is 12.0. The second kappa shape index (κ2) is 13.0. The maximum absolute atomic E-state index is 11.4. The van der Waals surface area contributed by atoms with Crippen LogP contribution in [0.1, 0.15) is 33.6 Å². The third kappa shape index (κ3) is 15.3. The Labute approximate surface area is 167 Å². The van der Waals surface area contributed by atoms with E-state index in [4.69, 9.17) is 19.3 Å². The third-order valence-electron chi connectivity index (χ3n) is 2.97. The molecule has 0 spiro atoms. The molecule has 0 saturated heterocycles. The molecule has 168 valence electrons. The summed E-state index contributed by atoms with van der Waals surface area (Å²) < 4.78 is 24.1. The van der Waals surface area contributed by atoms with Crippen molar-refractivity contribution in [1.29, 1.82) is 0 Å². The van der Waals surface area contributed by atoms with E-state index >= 15 is 0 Å². The molecule has 0 fully saturated rings. The lowest BCUT2D eigenvalue weighted by Gasteiger charge is -2.24. The number of hydrogen-bond acceptors (Lipinski definition) is 11. The zero-order valence-electron chi connectivity index (χ0n) is 16.7. The van der Waals surface area contributed by atoms with Crippen LogP contribution < -0.4 is 0 Å². The molecule has 29 heavy (non-hydrogen) atoms. The van der Waals surface area contributed by atoms with E-state index in [9.17, 15) is 29.4 Å². The van der Waals surface area contributed by atoms with Gasteiger partial charge in [-0.1, -0.05) is 0 Å². The molecule has 2 unspecified atom stereocenters. The molecule has 0 rings (SSSR count). The molecular formula is C17H28O12. The van der Waals surface area contributed by atoms with Crippen LogP contribution in [0, 0.1) is 0 Å². The number of carboxylic acids is 1. The minimum atomic E-state index is -1.58. The second-order valence-corrected chi connectivity index (χ2v) is 6.68. The highest BCUT2D eigenvalue weighted by molar-refractivity contribution is 5.91. The normalized spacial score (nSPS) is 14.9. The van der Waals surface area contributed by atoms with Gasteiger partial charge in [-0.3, -0.25) is 19.2 Å². The fourth-order valence-corrected chi connectivity index (χ4v) is 1.69. The highest BCUT2D eigenvalue weighted by Crippen LogP contribution is 2.08. The van der Waals surface area contributed by atoms with Gasteiger partial charge in [0.25, 0.3) is 0 Å². The summed E-state index contributed by atoms with van der Waals surface area (Å²) in [4.78, 5) is 44.0. The summed E-state index contributed by atoms with van der Waals surface area (Å²) in [6.07, 6.45) is -1.39. The Morgan fingerprint density at radius 3 is 1.55 bits per heavy atom. The van der Waals surface area contributed by atoms with Gasteiger partial charge in [-0.15, -0.1) is 0 Å². The summed E-state index contributed by atoms with van der Waals surface area (Å²) in [5.41, 5.74) is -3.13. The van der Waals surface area contributed by atoms with Crippen LogP contribution in [0.2, 0.25) is 0 Å². The topological polar surface area (TPSA) is 175 Å². The number of carboxylic acid groups (broad SMARTS) is 1. The van der Waals surface area contributed by atoms with E-state index in [1.165, 1.54) is 13.8 Å². The van der Waals surface area contributed by atoms with Crippen molar-refractivity contribution >= 4 is 23.9 Å². The van der Waals surface area contributed by atoms with Gasteiger partial charge in [-0.05, 0) is 20.8 Å². The maximum Gasteiger partial charge on any atom is 0.317 e. The van der Waals surface area contributed by atoms with Crippen molar-refractivity contribution in [1.82, 2.24) is 0 Å². The van der Waals surface area contributed by atoms with E-state index in [0.29, 0.717) is 0 Å². The Morgan fingerprint density at radius 2 is 1.14 bits per heavy atom. The summed E-state index contributed by atoms with van der Waals surface area (Å²) in [7, 11) is 0. The smallest absolute Gasteiger partial charge is 0.317 e. The minimum Gasteiger partial charge on any atom is -0.481 e. The first-order valence-corrected chi connectivity index (χ1v) is 8.66. The minimum absolute atomic E-state index is 0.134. The lowest BCUT2D eigenvalue weighted by atomic mass is 10.1. The molecule has 3 N–H and O–H groups in total. The van der Waals surface area contributed by atoms with Crippen molar-refractivity contribution in [2.45, 2.75) is 44.8 Å². The molecule has 0 aliphatic carbocycles. The Bertz CT molecular complexity index is 555. The number of carbonyl (C=O) groups excluding carboxylic acids is 3. The van der Waals surface area contributed by atoms with Crippen molar-refractivity contribution in [3.63, 3.8) is 0 Å². The van der Waals surface area contributed by atoms with Crippen molar-refractivity contribution in [3.8, 4) is 0 Å². The van der Waals surface area contributed by atoms with Gasteiger partial charge in [0.2, 0.25) is 0 Å². The molecule has 2 atom stereocenters. The van der Waals surface area contributed by atoms with Crippen molar-refractivity contribution < 1.29 is 58.2 Å². The molecule has 0 aliphatic heterocycles. The number of esters is 3. The van der Waals surface area contributed by atoms with E-state index in [2.05, 4.69) is 9.47 Å². The van der Waals surface area contributed by atoms with Gasteiger partial charge in [-0.25, -0.2) is 0 Å². The largest absolute Gasteiger partial charge is 0.481 e. The molecule has 0 bridgehead atoms. The van der Waals surface area contributed by atoms with Crippen molar-refractivity contribution in [2.75, 3.05) is 39.8 Å². The predicted octanol–water partition coefficient (Wildman–Crippen LogP) is -1.01. The molecule has 0 aromatic heterocycles. The van der Waals surface area contributed by atoms with Crippen LogP contribution >= 0.6 is 0 Å². The quantitative estimate of drug-likeness (QED) is 0.0962. The lowest BCUT2D eigenvalue weighted by Crippen LogP contribution is -2.39. The average Bonchev–Trinajstić information content (AvgIpc) is 2.57. The summed E-state index contributed by atoms with van der Waals surface area (Å²) in [5, 5.41) is 28.4. The monoisotopic (exact) mass is 424 g/mol. The number of rotatable bonds is 15. The van der Waals surface area contributed by atoms with Gasteiger partial charge in [-0.2, -0.15) is 0 Å². The number of carbonyl (C=O) groups is 4. The van der Waals surface area contributed by atoms with Crippen LogP contribution in [-0.2, 0) is 42.9 Å². The van der Waals surface area contributed by atoms with Gasteiger partial charge in [0, 0.05) is 0 Å². The van der Waals surface area contributed by atoms with Crippen LogP contribution in [0.5, 0.6) is 0 Å². The first-order chi connectivity index (χ1) is 13.4. The van der Waals surface area contributed by atoms with E-state index in [-0.39, 0.29) is 26.6 Å². The molecule has 0 radical (unpaired) electrons. The number of ether oxygens (including phenoxy) is 5. The summed E-state index contributed by atoms with van der Waals surface area (Å²) in [5.74, 6) is -3.93. The number of aliphatic hydroxyl groups is 2. The zero-order chi connectivity index (χ0) is 22.5. The van der Waals surface area contributed by atoms with Crippen LogP contribution in [0.3, 0.4) is 0 Å². The zero-order valence-corrected chi connectivity index (χ0v) is 16.7. The molecule has 12 heteroatoms. The van der Waals surface area contributed by atoms with E-state index in [1.807, 2.05) is 0 Å². The Morgan fingerprint density at radius 1 is 0.724 bits per heavy atom. The molecule has 0 heterocycles. The Balaban J connectivity index is 4.01. The molecular weight excluding hydrogens is 396 g/mol. The van der Waals surface area contributed by atoms with E-state index in [0.717, 1.165) is 0 Å². The predicted molar refractivity (Wildman–Crippen MR) is 93.4 cm³/mol. The third-order valence-corrected chi connectivity index (χ3v) is 2.97. The van der Waals surface area contributed by atoms with Crippen LogP contribution in [-0.4, -0.2) is 90.2 Å². The van der Waals surface area contributed by atoms with E-state index in [1.54, 1.807) is 6.92 Å². The first-order valence-electron chi connectivity index (χ1n) is 8.66. The standard InChI is InChI=1S/C17H28O12/c1-4-27-14(21)6-15(22)29-10-17(3,24)8-26-11-25-7-16(2,23)9-28-13(20)5-12(18)19/h23-24H,4-11H2,1-3H3,(H,18,19). The fourth-order valence-electron chi connectivity index (χ4n) is 1.69. The van der Waals surface area contributed by atoms with Crippen LogP contribution in [0.15, 0.2) is 0 Å². The summed E-state index contributed by atoms with van der Waals surface area (Å²) >= 11 is 0. The first kappa shape index (κ1) is 26.7. The van der Waals surface area contributed by atoms with Crippen molar-refractivity contribution in [3.05, 3.63) is 0 Å². The van der Waals surface area contributed by atoms with Crippen LogP contribution in [0.4, 0.5) is 0 Å². The molecule has 0 aromatic rings. The molecule has 12 nitrogen and oxygen atoms in total. The summed E-state index contributed by atoms with van der Waals surface area (Å²) in [6, 6.07) is 0. The second-order valence-electron chi connectivity index (χ2n) is 6.68. The van der Waals surface area contributed by atoms with Crippen molar-refractivity contribution in [2.24, 2.45) is 0 Å². The average molecular weight is 424 g/mol. The van der Waals surface area contributed by atoms with E-state index < -0.39 is 61.1 Å². The molecule has 0 aromatic carbocycles. The Hall–Kier alpha value is -2.28. The van der Waals surface area contributed by atoms with Gasteiger partial charge >= 0.3 is 23.9 Å². The fraction of sp³-hybridized carbons (Fsp3) is 0.765. The number of hydrogen-bond donors (Lipinski definition) is 3.